The average Bonchev–Trinajstić information content (AvgIpc) is 2.90. The lowest BCUT2D eigenvalue weighted by Crippen LogP contribution is -2.41. The standard InChI is InChI=1S/C14H19BN4O2/c1-10-6-18-19(9-10)12-16-7-11(8-17-12)15-20-13(2,3)14(4,5)21-15/h6-9H,1-5H3/i1D3,6D,7D,8D,9D. The first kappa shape index (κ1) is 8.05. The first-order chi connectivity index (χ1) is 12.7. The van der Waals surface area contributed by atoms with E-state index in [0.29, 0.717) is 0 Å². The lowest BCUT2D eigenvalue weighted by atomic mass is 9.81. The lowest BCUT2D eigenvalue weighted by Gasteiger charge is -2.32. The van der Waals surface area contributed by atoms with Crippen molar-refractivity contribution in [2.24, 2.45) is 0 Å². The number of rotatable bonds is 2. The zero-order valence-electron chi connectivity index (χ0n) is 19.2. The molecule has 1 saturated heterocycles. The van der Waals surface area contributed by atoms with Crippen LogP contribution in [0.15, 0.2) is 24.7 Å². The summed E-state index contributed by atoms with van der Waals surface area (Å²) < 4.78 is 66.8. The Morgan fingerprint density at radius 3 is 2.29 bits per heavy atom. The number of aromatic nitrogens is 4. The highest BCUT2D eigenvalue weighted by Gasteiger charge is 2.51. The quantitative estimate of drug-likeness (QED) is 0.780. The van der Waals surface area contributed by atoms with Crippen molar-refractivity contribution < 1.29 is 18.9 Å². The molecule has 0 N–H and O–H groups in total. The summed E-state index contributed by atoms with van der Waals surface area (Å²) in [5, 5.41) is 3.68. The Kier molecular flexibility index (Phi) is 1.78. The van der Waals surface area contributed by atoms with Gasteiger partial charge in [0.15, 0.2) is 0 Å². The molecule has 0 radical (unpaired) electrons. The van der Waals surface area contributed by atoms with E-state index in [0.717, 1.165) is 4.68 Å². The molecule has 21 heavy (non-hydrogen) atoms. The number of hydrogen-bond acceptors (Lipinski definition) is 5. The second kappa shape index (κ2) is 4.64. The molecule has 110 valence electrons. The molecule has 0 saturated carbocycles. The van der Waals surface area contributed by atoms with E-state index in [1.165, 1.54) is 0 Å². The van der Waals surface area contributed by atoms with Gasteiger partial charge in [-0.25, -0.2) is 14.6 Å². The third-order valence-electron chi connectivity index (χ3n) is 3.71. The molecular formula is C14H19BN4O2. The Morgan fingerprint density at radius 1 is 1.14 bits per heavy atom. The Hall–Kier alpha value is -1.73. The van der Waals surface area contributed by atoms with Crippen LogP contribution in [-0.2, 0) is 9.31 Å². The summed E-state index contributed by atoms with van der Waals surface area (Å²) in [5.41, 5.74) is -1.90. The second-order valence-electron chi connectivity index (χ2n) is 5.76. The van der Waals surface area contributed by atoms with Crippen LogP contribution in [0.2, 0.25) is 0 Å². The fourth-order valence-corrected chi connectivity index (χ4v) is 1.78. The molecule has 3 rings (SSSR count). The van der Waals surface area contributed by atoms with E-state index in [-0.39, 0.29) is 23.8 Å². The molecule has 1 aliphatic rings. The van der Waals surface area contributed by atoms with E-state index in [1.807, 2.05) is 27.7 Å². The first-order valence-electron chi connectivity index (χ1n) is 9.93. The highest BCUT2D eigenvalue weighted by atomic mass is 16.7. The Labute approximate surface area is 134 Å². The predicted molar refractivity (Wildman–Crippen MR) is 79.6 cm³/mol. The van der Waals surface area contributed by atoms with Crippen molar-refractivity contribution in [2.75, 3.05) is 0 Å². The molecule has 1 fully saturated rings. The smallest absolute Gasteiger partial charge is 0.399 e. The molecule has 0 spiro atoms. The van der Waals surface area contributed by atoms with Crippen molar-refractivity contribution >= 4 is 12.6 Å². The largest absolute Gasteiger partial charge is 0.498 e. The molecule has 2 aromatic rings. The molecular weight excluding hydrogens is 267 g/mol. The van der Waals surface area contributed by atoms with Crippen molar-refractivity contribution in [3.63, 3.8) is 0 Å². The van der Waals surface area contributed by atoms with E-state index < -0.39 is 43.1 Å². The summed E-state index contributed by atoms with van der Waals surface area (Å²) in [4.78, 5) is 7.86. The van der Waals surface area contributed by atoms with Crippen LogP contribution in [0, 0.1) is 6.85 Å². The Balaban J connectivity index is 2.06. The summed E-state index contributed by atoms with van der Waals surface area (Å²) in [7, 11) is -1.02. The van der Waals surface area contributed by atoms with Gasteiger partial charge in [0.25, 0.3) is 0 Å². The number of nitrogens with zero attached hydrogens (tertiary/aromatic N) is 4. The van der Waals surface area contributed by atoms with Gasteiger partial charge in [-0.3, -0.25) is 0 Å². The molecule has 7 heteroatoms. The second-order valence-corrected chi connectivity index (χ2v) is 5.76. The van der Waals surface area contributed by atoms with E-state index in [1.54, 1.807) is 0 Å². The normalized spacial score (nSPS) is 25.3. The SMILES string of the molecule is [2H]c1nc(-n2nc([2H])c(C([2H])([2H])[2H])c2[2H])nc([2H])c1B1OC(C)(C)C(C)(C)O1. The van der Waals surface area contributed by atoms with E-state index in [2.05, 4.69) is 15.1 Å². The molecule has 0 aromatic carbocycles. The molecule has 0 atom stereocenters. The van der Waals surface area contributed by atoms with E-state index in [9.17, 15) is 0 Å². The van der Waals surface area contributed by atoms with Crippen molar-refractivity contribution in [3.05, 3.63) is 30.3 Å². The molecule has 6 nitrogen and oxygen atoms in total. The van der Waals surface area contributed by atoms with E-state index >= 15 is 0 Å². The molecule has 0 aliphatic carbocycles. The fraction of sp³-hybridized carbons (Fsp3) is 0.500. The van der Waals surface area contributed by atoms with Gasteiger partial charge in [0.2, 0.25) is 5.95 Å². The fourth-order valence-electron chi connectivity index (χ4n) is 1.78. The van der Waals surface area contributed by atoms with Gasteiger partial charge in [-0.15, -0.1) is 0 Å². The van der Waals surface area contributed by atoms with Gasteiger partial charge >= 0.3 is 7.12 Å². The lowest BCUT2D eigenvalue weighted by molar-refractivity contribution is 0.00578. The maximum Gasteiger partial charge on any atom is 0.498 e. The maximum absolute atomic E-state index is 8.19. The maximum atomic E-state index is 8.19. The summed E-state index contributed by atoms with van der Waals surface area (Å²) in [6.45, 7) is 4.62. The zero-order chi connectivity index (χ0) is 21.2. The Bertz CT molecular complexity index is 905. The minimum Gasteiger partial charge on any atom is -0.399 e. The first-order valence-corrected chi connectivity index (χ1v) is 6.43. The monoisotopic (exact) mass is 293 g/mol. The zero-order valence-corrected chi connectivity index (χ0v) is 12.2. The van der Waals surface area contributed by atoms with Crippen LogP contribution in [-0.4, -0.2) is 38.1 Å². The minimum atomic E-state index is -2.71. The third kappa shape index (κ3) is 2.47. The summed E-state index contributed by atoms with van der Waals surface area (Å²) in [6, 6.07) is 0. The molecule has 0 amide bonds. The van der Waals surface area contributed by atoms with Crippen molar-refractivity contribution in [3.8, 4) is 5.95 Å². The van der Waals surface area contributed by atoms with Crippen LogP contribution in [0.5, 0.6) is 0 Å². The van der Waals surface area contributed by atoms with Crippen LogP contribution >= 0.6 is 0 Å². The third-order valence-corrected chi connectivity index (χ3v) is 3.71. The van der Waals surface area contributed by atoms with Crippen LogP contribution < -0.4 is 5.46 Å². The molecule has 1 aliphatic heterocycles. The molecule has 3 heterocycles. The predicted octanol–water partition coefficient (Wildman–Crippen LogP) is 1.27. The summed E-state index contributed by atoms with van der Waals surface area (Å²) >= 11 is 0. The van der Waals surface area contributed by atoms with Crippen LogP contribution in [0.3, 0.4) is 0 Å². The van der Waals surface area contributed by atoms with Gasteiger partial charge in [-0.05, 0) is 40.1 Å². The highest BCUT2D eigenvalue weighted by Crippen LogP contribution is 2.36. The van der Waals surface area contributed by atoms with Crippen LogP contribution in [0.25, 0.3) is 5.95 Å². The number of hydrogen-bond donors (Lipinski definition) is 0. The van der Waals surface area contributed by atoms with Gasteiger partial charge in [-0.2, -0.15) is 5.10 Å². The van der Waals surface area contributed by atoms with Crippen LogP contribution in [0.1, 0.15) is 42.9 Å². The molecule has 0 bridgehead atoms. The summed E-state index contributed by atoms with van der Waals surface area (Å²) in [5.74, 6) is -0.343. The van der Waals surface area contributed by atoms with Crippen molar-refractivity contribution in [1.82, 2.24) is 19.7 Å². The molecule has 0 unspecified atom stereocenters. The topological polar surface area (TPSA) is 62.1 Å². The minimum absolute atomic E-state index is 0.0169. The van der Waals surface area contributed by atoms with Gasteiger partial charge in [0.05, 0.1) is 22.9 Å². The van der Waals surface area contributed by atoms with Crippen molar-refractivity contribution in [1.29, 1.82) is 0 Å². The van der Waals surface area contributed by atoms with Gasteiger partial charge in [0, 0.05) is 28.1 Å². The van der Waals surface area contributed by atoms with Crippen molar-refractivity contribution in [2.45, 2.75) is 45.7 Å². The van der Waals surface area contributed by atoms with Gasteiger partial charge in [-0.1, -0.05) is 0 Å². The van der Waals surface area contributed by atoms with Gasteiger partial charge < -0.3 is 9.31 Å². The molecule has 2 aromatic heterocycles. The van der Waals surface area contributed by atoms with Gasteiger partial charge in [0.1, 0.15) is 0 Å². The Morgan fingerprint density at radius 2 is 1.76 bits per heavy atom. The average molecular weight is 293 g/mol. The highest BCUT2D eigenvalue weighted by molar-refractivity contribution is 6.61. The summed E-state index contributed by atoms with van der Waals surface area (Å²) in [6.07, 6.45) is -1.94. The van der Waals surface area contributed by atoms with Crippen LogP contribution in [0.4, 0.5) is 0 Å². The van der Waals surface area contributed by atoms with E-state index in [4.69, 9.17) is 18.9 Å².